The highest BCUT2D eigenvalue weighted by Gasteiger charge is 2.41. The van der Waals surface area contributed by atoms with Crippen molar-refractivity contribution in [3.63, 3.8) is 0 Å². The maximum atomic E-state index is 13.6. The standard InChI is InChI=1S/C25H20N2O3S/c1-2-31-23(26-18-13-7-4-8-14-18)21(22(28)17-11-5-3-6-12-17)27-24(29)19-15-9-10-16-20(19)25(27)30/h3-16,26H,2H2,1H3/b23-21+. The number of hydrogen-bond donors (Lipinski definition) is 1. The number of allylic oxidation sites excluding steroid dienone is 1. The van der Waals surface area contributed by atoms with E-state index in [0.717, 1.165) is 10.6 Å². The van der Waals surface area contributed by atoms with Gasteiger partial charge in [0.1, 0.15) is 10.7 Å². The second-order valence-electron chi connectivity index (χ2n) is 6.79. The number of fused-ring (bicyclic) bond motifs is 1. The van der Waals surface area contributed by atoms with Gasteiger partial charge in [0.2, 0.25) is 5.78 Å². The summed E-state index contributed by atoms with van der Waals surface area (Å²) in [5.74, 6) is -0.744. The molecule has 154 valence electrons. The number of anilines is 1. The van der Waals surface area contributed by atoms with Crippen molar-refractivity contribution >= 4 is 35.0 Å². The Morgan fingerprint density at radius 3 is 1.87 bits per heavy atom. The van der Waals surface area contributed by atoms with Crippen molar-refractivity contribution in [1.82, 2.24) is 4.90 Å². The molecule has 0 spiro atoms. The quantitative estimate of drug-likeness (QED) is 0.318. The van der Waals surface area contributed by atoms with Crippen LogP contribution in [-0.2, 0) is 0 Å². The molecule has 0 saturated carbocycles. The predicted octanol–water partition coefficient (Wildman–Crippen LogP) is 5.20. The van der Waals surface area contributed by atoms with E-state index < -0.39 is 17.6 Å². The number of para-hydroxylation sites is 1. The van der Waals surface area contributed by atoms with E-state index in [-0.39, 0.29) is 5.70 Å². The highest BCUT2D eigenvalue weighted by Crippen LogP contribution is 2.33. The molecule has 5 nitrogen and oxygen atoms in total. The van der Waals surface area contributed by atoms with E-state index >= 15 is 0 Å². The number of nitrogens with zero attached hydrogens (tertiary/aromatic N) is 1. The largest absolute Gasteiger partial charge is 0.348 e. The number of ketones is 1. The van der Waals surface area contributed by atoms with Crippen LogP contribution in [0, 0.1) is 0 Å². The summed E-state index contributed by atoms with van der Waals surface area (Å²) in [5.41, 5.74) is 1.79. The van der Waals surface area contributed by atoms with Crippen molar-refractivity contribution in [2.75, 3.05) is 11.1 Å². The molecule has 0 atom stereocenters. The number of rotatable bonds is 7. The SMILES string of the molecule is CCS/C(Nc1ccccc1)=C(\C(=O)c1ccccc1)N1C(=O)c2ccccc2C1=O. The maximum Gasteiger partial charge on any atom is 0.266 e. The van der Waals surface area contributed by atoms with Crippen molar-refractivity contribution < 1.29 is 14.4 Å². The third-order valence-electron chi connectivity index (χ3n) is 4.80. The van der Waals surface area contributed by atoms with E-state index in [2.05, 4.69) is 5.32 Å². The van der Waals surface area contributed by atoms with Gasteiger partial charge in [-0.05, 0) is 30.0 Å². The Balaban J connectivity index is 1.89. The van der Waals surface area contributed by atoms with Crippen molar-refractivity contribution in [2.24, 2.45) is 0 Å². The first-order chi connectivity index (χ1) is 15.1. The summed E-state index contributed by atoms with van der Waals surface area (Å²) in [4.78, 5) is 41.1. The zero-order valence-corrected chi connectivity index (χ0v) is 17.7. The Morgan fingerprint density at radius 1 is 0.806 bits per heavy atom. The summed E-state index contributed by atoms with van der Waals surface area (Å²) in [5, 5.41) is 3.71. The van der Waals surface area contributed by atoms with Gasteiger partial charge in [-0.1, -0.05) is 67.6 Å². The van der Waals surface area contributed by atoms with Crippen LogP contribution in [0.5, 0.6) is 0 Å². The van der Waals surface area contributed by atoms with E-state index in [1.54, 1.807) is 48.5 Å². The lowest BCUT2D eigenvalue weighted by Crippen LogP contribution is -2.35. The van der Waals surface area contributed by atoms with E-state index in [1.165, 1.54) is 11.8 Å². The number of Topliss-reactive ketones (excluding diaryl/α,β-unsaturated/α-hetero) is 1. The first-order valence-corrected chi connectivity index (χ1v) is 10.9. The second-order valence-corrected chi connectivity index (χ2v) is 8.06. The lowest BCUT2D eigenvalue weighted by molar-refractivity contribution is 0.0677. The topological polar surface area (TPSA) is 66.5 Å². The fraction of sp³-hybridized carbons (Fsp3) is 0.0800. The molecular formula is C25H20N2O3S. The fourth-order valence-electron chi connectivity index (χ4n) is 3.39. The molecule has 6 heteroatoms. The molecule has 0 fully saturated rings. The molecule has 4 rings (SSSR count). The fourth-order valence-corrected chi connectivity index (χ4v) is 4.18. The molecule has 0 unspecified atom stereocenters. The summed E-state index contributed by atoms with van der Waals surface area (Å²) in [6, 6.07) is 24.7. The number of imide groups is 1. The van der Waals surface area contributed by atoms with Crippen molar-refractivity contribution in [1.29, 1.82) is 0 Å². The smallest absolute Gasteiger partial charge is 0.266 e. The molecule has 1 heterocycles. The summed E-state index contributed by atoms with van der Waals surface area (Å²) >= 11 is 1.37. The molecule has 2 amide bonds. The lowest BCUT2D eigenvalue weighted by atomic mass is 10.1. The molecule has 0 saturated heterocycles. The van der Waals surface area contributed by atoms with Gasteiger partial charge < -0.3 is 5.32 Å². The van der Waals surface area contributed by atoms with Crippen LogP contribution in [0.25, 0.3) is 0 Å². The average Bonchev–Trinajstić information content (AvgIpc) is 3.06. The Kier molecular flexibility index (Phi) is 6.00. The number of carbonyl (C=O) groups excluding carboxylic acids is 3. The second kappa shape index (κ2) is 9.02. The average molecular weight is 429 g/mol. The molecule has 1 N–H and O–H groups in total. The van der Waals surface area contributed by atoms with Crippen LogP contribution >= 0.6 is 11.8 Å². The molecule has 0 aliphatic carbocycles. The Hall–Kier alpha value is -3.64. The maximum absolute atomic E-state index is 13.6. The van der Waals surface area contributed by atoms with E-state index in [1.807, 2.05) is 43.3 Å². The molecule has 1 aliphatic rings. The monoisotopic (exact) mass is 428 g/mol. The van der Waals surface area contributed by atoms with E-state index in [9.17, 15) is 14.4 Å². The van der Waals surface area contributed by atoms with Crippen LogP contribution in [0.1, 0.15) is 38.0 Å². The number of benzene rings is 3. The predicted molar refractivity (Wildman–Crippen MR) is 123 cm³/mol. The molecule has 31 heavy (non-hydrogen) atoms. The number of hydrogen-bond acceptors (Lipinski definition) is 5. The minimum absolute atomic E-state index is 0.0353. The molecular weight excluding hydrogens is 408 g/mol. The Morgan fingerprint density at radius 2 is 1.32 bits per heavy atom. The summed E-state index contributed by atoms with van der Waals surface area (Å²) in [6.07, 6.45) is 0. The highest BCUT2D eigenvalue weighted by atomic mass is 32.2. The van der Waals surface area contributed by atoms with Gasteiger partial charge in [-0.15, -0.1) is 11.8 Å². The molecule has 0 radical (unpaired) electrons. The zero-order valence-electron chi connectivity index (χ0n) is 16.9. The van der Waals surface area contributed by atoms with E-state index in [0.29, 0.717) is 27.5 Å². The van der Waals surface area contributed by atoms with Crippen LogP contribution in [0.3, 0.4) is 0 Å². The van der Waals surface area contributed by atoms with Gasteiger partial charge in [0.15, 0.2) is 0 Å². The molecule has 0 aromatic heterocycles. The van der Waals surface area contributed by atoms with E-state index in [4.69, 9.17) is 0 Å². The first kappa shape index (κ1) is 20.6. The number of thioether (sulfide) groups is 1. The Bertz CT molecular complexity index is 1140. The summed E-state index contributed by atoms with van der Waals surface area (Å²) < 4.78 is 0. The number of carbonyl (C=O) groups is 3. The van der Waals surface area contributed by atoms with Gasteiger partial charge in [0.25, 0.3) is 11.8 Å². The molecule has 1 aliphatic heterocycles. The number of amides is 2. The van der Waals surface area contributed by atoms with Crippen molar-refractivity contribution in [3.8, 4) is 0 Å². The van der Waals surface area contributed by atoms with Gasteiger partial charge in [0.05, 0.1) is 11.1 Å². The normalized spacial score (nSPS) is 13.6. The third kappa shape index (κ3) is 4.02. The van der Waals surface area contributed by atoms with Gasteiger partial charge in [-0.25, -0.2) is 4.90 Å². The van der Waals surface area contributed by atoms with Crippen LogP contribution in [0.2, 0.25) is 0 Å². The minimum Gasteiger partial charge on any atom is -0.348 e. The summed E-state index contributed by atoms with van der Waals surface area (Å²) in [6.45, 7) is 1.95. The molecule has 0 bridgehead atoms. The van der Waals surface area contributed by atoms with Gasteiger partial charge in [0, 0.05) is 11.3 Å². The lowest BCUT2D eigenvalue weighted by Gasteiger charge is -2.22. The molecule has 3 aromatic rings. The first-order valence-electron chi connectivity index (χ1n) is 9.88. The minimum atomic E-state index is -0.496. The van der Waals surface area contributed by atoms with Gasteiger partial charge >= 0.3 is 0 Å². The van der Waals surface area contributed by atoms with Crippen molar-refractivity contribution in [2.45, 2.75) is 6.92 Å². The highest BCUT2D eigenvalue weighted by molar-refractivity contribution is 8.03. The summed E-state index contributed by atoms with van der Waals surface area (Å²) in [7, 11) is 0. The Labute approximate surface area is 184 Å². The van der Waals surface area contributed by atoms with Crippen LogP contribution in [0.15, 0.2) is 95.7 Å². The van der Waals surface area contributed by atoms with Crippen LogP contribution < -0.4 is 5.32 Å². The zero-order chi connectivity index (χ0) is 21.8. The van der Waals surface area contributed by atoms with Gasteiger partial charge in [-0.3, -0.25) is 14.4 Å². The third-order valence-corrected chi connectivity index (χ3v) is 5.68. The van der Waals surface area contributed by atoms with Crippen LogP contribution in [-0.4, -0.2) is 28.3 Å². The van der Waals surface area contributed by atoms with Crippen LogP contribution in [0.4, 0.5) is 5.69 Å². The van der Waals surface area contributed by atoms with Crippen molar-refractivity contribution in [3.05, 3.63) is 112 Å². The van der Waals surface area contributed by atoms with Gasteiger partial charge in [-0.2, -0.15) is 0 Å². The molecule has 3 aromatic carbocycles. The number of nitrogens with one attached hydrogen (secondary N) is 1.